The molecule has 98 valence electrons. The van der Waals surface area contributed by atoms with E-state index in [1.807, 2.05) is 12.1 Å². The van der Waals surface area contributed by atoms with Crippen molar-refractivity contribution in [1.82, 2.24) is 0 Å². The number of alkyl halides is 3. The van der Waals surface area contributed by atoms with Gasteiger partial charge in [-0.15, -0.1) is 0 Å². The monoisotopic (exact) mass is 281 g/mol. The smallest absolute Gasteiger partial charge is 0.207 e. The molecule has 0 amide bonds. The highest BCUT2D eigenvalue weighted by Crippen LogP contribution is 2.32. The van der Waals surface area contributed by atoms with Gasteiger partial charge in [-0.1, -0.05) is 60.7 Å². The molecule has 0 saturated carbocycles. The Bertz CT molecular complexity index is 508. The van der Waals surface area contributed by atoms with Crippen molar-refractivity contribution >= 4 is 17.7 Å². The summed E-state index contributed by atoms with van der Waals surface area (Å²) < 4.78 is 40.6. The van der Waals surface area contributed by atoms with Crippen LogP contribution in [0.5, 0.6) is 0 Å². The first-order chi connectivity index (χ1) is 9.06. The van der Waals surface area contributed by atoms with Crippen LogP contribution in [0.1, 0.15) is 11.1 Å². The van der Waals surface area contributed by atoms with E-state index < -0.39 is 5.51 Å². The van der Waals surface area contributed by atoms with Crippen LogP contribution in [0.2, 0.25) is 0 Å². The Labute approximate surface area is 113 Å². The van der Waals surface area contributed by atoms with E-state index in [0.717, 1.165) is 0 Å². The molecule has 0 atom stereocenters. The van der Waals surface area contributed by atoms with Crippen LogP contribution < -0.4 is 0 Å². The summed E-state index contributed by atoms with van der Waals surface area (Å²) >= 11 is -0.381. The van der Waals surface area contributed by atoms with E-state index in [-0.39, 0.29) is 11.9 Å². The van der Waals surface area contributed by atoms with Crippen LogP contribution in [0.4, 0.5) is 13.2 Å². The van der Waals surface area contributed by atoms with Gasteiger partial charge >= 0.3 is 5.51 Å². The minimum absolute atomic E-state index is 0.323. The Morgan fingerprint density at radius 2 is 1.21 bits per heavy atom. The first-order valence-corrected chi connectivity index (χ1v) is 6.27. The summed E-state index contributed by atoms with van der Waals surface area (Å²) in [7, 11) is 0. The molecule has 0 aliphatic heterocycles. The zero-order valence-corrected chi connectivity index (χ0v) is 10.6. The van der Waals surface area contributed by atoms with Crippen LogP contribution in [-0.4, -0.2) is 11.2 Å². The Morgan fingerprint density at radius 3 is 1.58 bits per heavy atom. The van der Waals surface area contributed by atoms with E-state index >= 15 is 0 Å². The highest BCUT2D eigenvalue weighted by Gasteiger charge is 2.29. The van der Waals surface area contributed by atoms with Gasteiger partial charge in [-0.2, -0.15) is 13.2 Å². The minimum atomic E-state index is -4.38. The molecule has 0 saturated heterocycles. The van der Waals surface area contributed by atoms with Gasteiger partial charge in [-0.3, -0.25) is 0 Å². The fourth-order valence-corrected chi connectivity index (χ4v) is 1.97. The average molecular weight is 281 g/mol. The standard InChI is InChI=1S/C14H10F3NS/c15-14(16,17)19-18-13(11-7-3-1-4-8-11)12-9-5-2-6-10-12/h1-10H. The van der Waals surface area contributed by atoms with Crippen LogP contribution >= 0.6 is 11.9 Å². The maximum atomic E-state index is 12.3. The maximum absolute atomic E-state index is 12.3. The van der Waals surface area contributed by atoms with Crippen molar-refractivity contribution in [2.45, 2.75) is 5.51 Å². The van der Waals surface area contributed by atoms with Crippen molar-refractivity contribution in [3.05, 3.63) is 71.8 Å². The number of hydrogen-bond donors (Lipinski definition) is 0. The van der Waals surface area contributed by atoms with Crippen molar-refractivity contribution in [2.24, 2.45) is 4.40 Å². The Hall–Kier alpha value is -1.75. The molecule has 5 heteroatoms. The van der Waals surface area contributed by atoms with Crippen molar-refractivity contribution in [3.8, 4) is 0 Å². The van der Waals surface area contributed by atoms with Crippen LogP contribution in [0.15, 0.2) is 65.1 Å². The van der Waals surface area contributed by atoms with Gasteiger partial charge in [0.05, 0.1) is 17.7 Å². The predicted octanol–water partition coefficient (Wildman–Crippen LogP) is 4.69. The molecule has 0 bridgehead atoms. The number of hydrogen-bond acceptors (Lipinski definition) is 2. The third-order valence-corrected chi connectivity index (χ3v) is 2.82. The summed E-state index contributed by atoms with van der Waals surface area (Å²) in [5, 5.41) is 0. The zero-order valence-electron chi connectivity index (χ0n) is 9.76. The molecule has 0 aliphatic carbocycles. The lowest BCUT2D eigenvalue weighted by molar-refractivity contribution is -0.0327. The Morgan fingerprint density at radius 1 is 0.789 bits per heavy atom. The van der Waals surface area contributed by atoms with E-state index in [9.17, 15) is 13.2 Å². The van der Waals surface area contributed by atoms with Crippen molar-refractivity contribution in [3.63, 3.8) is 0 Å². The number of nitrogens with zero attached hydrogens (tertiary/aromatic N) is 1. The summed E-state index contributed by atoms with van der Waals surface area (Å²) in [5.41, 5.74) is -2.74. The fourth-order valence-electron chi connectivity index (χ4n) is 1.56. The summed E-state index contributed by atoms with van der Waals surface area (Å²) in [6, 6.07) is 17.7. The molecule has 1 nitrogen and oxygen atoms in total. The second kappa shape index (κ2) is 5.93. The van der Waals surface area contributed by atoms with Gasteiger partial charge in [0.15, 0.2) is 0 Å². The first kappa shape index (κ1) is 13.7. The molecule has 19 heavy (non-hydrogen) atoms. The van der Waals surface area contributed by atoms with Crippen molar-refractivity contribution in [2.75, 3.05) is 0 Å². The van der Waals surface area contributed by atoms with E-state index in [4.69, 9.17) is 0 Å². The number of benzene rings is 2. The zero-order chi connectivity index (χ0) is 13.7. The van der Waals surface area contributed by atoms with Gasteiger partial charge in [0, 0.05) is 11.1 Å². The summed E-state index contributed by atoms with van der Waals surface area (Å²) in [4.78, 5) is 0. The fraction of sp³-hybridized carbons (Fsp3) is 0.0714. The molecule has 2 rings (SSSR count). The summed E-state index contributed by atoms with van der Waals surface area (Å²) in [6.07, 6.45) is 0. The lowest BCUT2D eigenvalue weighted by Crippen LogP contribution is -2.05. The molecule has 2 aromatic rings. The first-order valence-electron chi connectivity index (χ1n) is 5.50. The Balaban J connectivity index is 2.40. The molecular formula is C14H10F3NS. The van der Waals surface area contributed by atoms with Gasteiger partial charge in [0.1, 0.15) is 0 Å². The quantitative estimate of drug-likeness (QED) is 0.587. The molecule has 0 radical (unpaired) electrons. The molecule has 0 spiro atoms. The van der Waals surface area contributed by atoms with Gasteiger partial charge in [0.2, 0.25) is 0 Å². The van der Waals surface area contributed by atoms with Crippen LogP contribution in [0.3, 0.4) is 0 Å². The van der Waals surface area contributed by atoms with Gasteiger partial charge in [-0.05, 0) is 0 Å². The van der Waals surface area contributed by atoms with E-state index in [0.29, 0.717) is 16.8 Å². The third-order valence-electron chi connectivity index (χ3n) is 2.33. The number of rotatable bonds is 3. The molecule has 0 aromatic heterocycles. The topological polar surface area (TPSA) is 12.4 Å². The second-order valence-corrected chi connectivity index (χ2v) is 4.54. The number of halogens is 3. The van der Waals surface area contributed by atoms with E-state index in [2.05, 4.69) is 4.40 Å². The molecule has 0 N–H and O–H groups in total. The van der Waals surface area contributed by atoms with Crippen LogP contribution in [-0.2, 0) is 0 Å². The van der Waals surface area contributed by atoms with Crippen molar-refractivity contribution in [1.29, 1.82) is 0 Å². The van der Waals surface area contributed by atoms with Gasteiger partial charge in [-0.25, -0.2) is 4.40 Å². The lowest BCUT2D eigenvalue weighted by Gasteiger charge is -2.07. The van der Waals surface area contributed by atoms with Crippen LogP contribution in [0.25, 0.3) is 0 Å². The maximum Gasteiger partial charge on any atom is 0.463 e. The van der Waals surface area contributed by atoms with Crippen LogP contribution in [0, 0.1) is 0 Å². The minimum Gasteiger partial charge on any atom is -0.207 e. The molecule has 2 aromatic carbocycles. The Kier molecular flexibility index (Phi) is 4.27. The van der Waals surface area contributed by atoms with E-state index in [1.54, 1.807) is 48.5 Å². The third kappa shape index (κ3) is 4.13. The van der Waals surface area contributed by atoms with Gasteiger partial charge < -0.3 is 0 Å². The summed E-state index contributed by atoms with van der Waals surface area (Å²) in [5.74, 6) is 0. The van der Waals surface area contributed by atoms with E-state index in [1.165, 1.54) is 0 Å². The average Bonchev–Trinajstić information content (AvgIpc) is 2.40. The molecule has 0 heterocycles. The molecule has 0 aliphatic rings. The largest absolute Gasteiger partial charge is 0.463 e. The van der Waals surface area contributed by atoms with Gasteiger partial charge in [0.25, 0.3) is 0 Å². The molecular weight excluding hydrogens is 271 g/mol. The highest BCUT2D eigenvalue weighted by molar-refractivity contribution is 7.99. The predicted molar refractivity (Wildman–Crippen MR) is 72.2 cm³/mol. The normalized spacial score (nSPS) is 11.1. The lowest BCUT2D eigenvalue weighted by atomic mass is 10.0. The highest BCUT2D eigenvalue weighted by atomic mass is 32.2. The van der Waals surface area contributed by atoms with Crippen molar-refractivity contribution < 1.29 is 13.2 Å². The molecule has 0 unspecified atom stereocenters. The second-order valence-electron chi connectivity index (χ2n) is 3.71. The SMILES string of the molecule is FC(F)(F)SN=C(c1ccccc1)c1ccccc1. The summed E-state index contributed by atoms with van der Waals surface area (Å²) in [6.45, 7) is 0. The molecule has 0 fully saturated rings.